The van der Waals surface area contributed by atoms with Crippen LogP contribution < -0.4 is 10.6 Å². The van der Waals surface area contributed by atoms with Crippen LogP contribution in [0.1, 0.15) is 18.4 Å². The highest BCUT2D eigenvalue weighted by atomic mass is 127. The fraction of sp³-hybridized carbons (Fsp3) is 0.562. The van der Waals surface area contributed by atoms with Crippen LogP contribution in [0.5, 0.6) is 0 Å². The van der Waals surface area contributed by atoms with Crippen LogP contribution in [-0.4, -0.2) is 51.6 Å². The van der Waals surface area contributed by atoms with E-state index in [2.05, 4.69) is 15.6 Å². The molecule has 2 rings (SSSR count). The molecule has 1 saturated heterocycles. The zero-order valence-electron chi connectivity index (χ0n) is 14.5. The highest BCUT2D eigenvalue weighted by Gasteiger charge is 2.24. The van der Waals surface area contributed by atoms with Gasteiger partial charge in [-0.15, -0.1) is 24.0 Å². The minimum Gasteiger partial charge on any atom is -0.356 e. The van der Waals surface area contributed by atoms with E-state index in [1.807, 2.05) is 0 Å². The molecule has 6 nitrogen and oxygen atoms in total. The Balaban J connectivity index is 0.00000312. The molecule has 0 aliphatic carbocycles. The van der Waals surface area contributed by atoms with E-state index in [-0.39, 0.29) is 29.8 Å². The van der Waals surface area contributed by atoms with Gasteiger partial charge < -0.3 is 10.6 Å². The molecular weight excluding hydrogens is 458 g/mol. The highest BCUT2D eigenvalue weighted by Crippen LogP contribution is 2.18. The van der Waals surface area contributed by atoms with Gasteiger partial charge in [-0.2, -0.15) is 0 Å². The summed E-state index contributed by atoms with van der Waals surface area (Å²) in [7, 11) is -1.42. The maximum absolute atomic E-state index is 13.6. The van der Waals surface area contributed by atoms with Crippen molar-refractivity contribution in [3.05, 3.63) is 35.6 Å². The fourth-order valence-electron chi connectivity index (χ4n) is 2.73. The first kappa shape index (κ1) is 22.1. The maximum atomic E-state index is 13.6. The van der Waals surface area contributed by atoms with Crippen LogP contribution in [0.2, 0.25) is 0 Å². The molecule has 0 saturated carbocycles. The second-order valence-corrected chi connectivity index (χ2v) is 7.99. The molecule has 0 aromatic heterocycles. The van der Waals surface area contributed by atoms with E-state index >= 15 is 0 Å². The predicted molar refractivity (Wildman–Crippen MR) is 109 cm³/mol. The van der Waals surface area contributed by atoms with E-state index in [9.17, 15) is 12.8 Å². The van der Waals surface area contributed by atoms with Crippen molar-refractivity contribution in [1.29, 1.82) is 0 Å². The largest absolute Gasteiger partial charge is 0.356 e. The minimum absolute atomic E-state index is 0. The Labute approximate surface area is 166 Å². The van der Waals surface area contributed by atoms with E-state index in [0.717, 1.165) is 12.8 Å². The van der Waals surface area contributed by atoms with Crippen LogP contribution in [0.25, 0.3) is 0 Å². The van der Waals surface area contributed by atoms with Crippen LogP contribution in [0, 0.1) is 11.7 Å². The quantitative estimate of drug-likeness (QED) is 0.380. The average Bonchev–Trinajstić information content (AvgIpc) is 2.56. The van der Waals surface area contributed by atoms with E-state index in [0.29, 0.717) is 43.6 Å². The molecule has 1 aliphatic heterocycles. The summed E-state index contributed by atoms with van der Waals surface area (Å²) >= 11 is 0. The summed E-state index contributed by atoms with van der Waals surface area (Å²) in [5, 5.41) is 6.32. The van der Waals surface area contributed by atoms with Gasteiger partial charge in [-0.05, 0) is 24.8 Å². The molecule has 0 amide bonds. The number of hydrogen-bond donors (Lipinski definition) is 2. The molecule has 0 radical (unpaired) electrons. The highest BCUT2D eigenvalue weighted by molar-refractivity contribution is 14.0. The third-order valence-corrected chi connectivity index (χ3v) is 5.53. The number of nitrogens with zero attached hydrogens (tertiary/aromatic N) is 2. The fourth-order valence-corrected chi connectivity index (χ4v) is 3.60. The van der Waals surface area contributed by atoms with Crippen molar-refractivity contribution < 1.29 is 12.8 Å². The van der Waals surface area contributed by atoms with Crippen LogP contribution in [0.15, 0.2) is 29.3 Å². The zero-order chi connectivity index (χ0) is 17.6. The van der Waals surface area contributed by atoms with Crippen molar-refractivity contribution in [1.82, 2.24) is 14.9 Å². The number of piperidine rings is 1. The Morgan fingerprint density at radius 2 is 1.92 bits per heavy atom. The molecule has 0 atom stereocenters. The Bertz CT molecular complexity index is 676. The van der Waals surface area contributed by atoms with Gasteiger partial charge in [-0.3, -0.25) is 4.99 Å². The van der Waals surface area contributed by atoms with Crippen molar-refractivity contribution >= 4 is 40.0 Å². The minimum atomic E-state index is -3.09. The Morgan fingerprint density at radius 3 is 2.48 bits per heavy atom. The smallest absolute Gasteiger partial charge is 0.211 e. The lowest BCUT2D eigenvalue weighted by atomic mass is 9.98. The van der Waals surface area contributed by atoms with Gasteiger partial charge in [0.15, 0.2) is 5.96 Å². The SMILES string of the molecule is CN=C(NCc1ccccc1F)NCC1CCN(S(C)(=O)=O)CC1.I. The summed E-state index contributed by atoms with van der Waals surface area (Å²) in [5.41, 5.74) is 0.585. The Hall–Kier alpha value is -0.940. The summed E-state index contributed by atoms with van der Waals surface area (Å²) in [4.78, 5) is 4.14. The van der Waals surface area contributed by atoms with Gasteiger partial charge in [-0.25, -0.2) is 17.1 Å². The number of guanidine groups is 1. The van der Waals surface area contributed by atoms with E-state index in [1.165, 1.54) is 16.6 Å². The first-order valence-corrected chi connectivity index (χ1v) is 9.88. The van der Waals surface area contributed by atoms with Crippen LogP contribution in [0.3, 0.4) is 0 Å². The van der Waals surface area contributed by atoms with Crippen molar-refractivity contribution in [2.45, 2.75) is 19.4 Å². The van der Waals surface area contributed by atoms with Gasteiger partial charge in [0, 0.05) is 38.8 Å². The Morgan fingerprint density at radius 1 is 1.28 bits per heavy atom. The average molecular weight is 484 g/mol. The molecular formula is C16H26FIN4O2S. The molecule has 1 aromatic rings. The normalized spacial score (nSPS) is 17.0. The number of hydrogen-bond acceptors (Lipinski definition) is 3. The number of sulfonamides is 1. The summed E-state index contributed by atoms with van der Waals surface area (Å²) in [6, 6.07) is 6.62. The van der Waals surface area contributed by atoms with Crippen LogP contribution in [0.4, 0.5) is 4.39 Å². The van der Waals surface area contributed by atoms with Gasteiger partial charge in [0.25, 0.3) is 0 Å². The van der Waals surface area contributed by atoms with Crippen LogP contribution in [-0.2, 0) is 16.6 Å². The lowest BCUT2D eigenvalue weighted by Gasteiger charge is -2.30. The molecule has 2 N–H and O–H groups in total. The van der Waals surface area contributed by atoms with Gasteiger partial charge >= 0.3 is 0 Å². The summed E-state index contributed by atoms with van der Waals surface area (Å²) in [6.07, 6.45) is 2.90. The van der Waals surface area contributed by atoms with Crippen molar-refractivity contribution in [3.8, 4) is 0 Å². The lowest BCUT2D eigenvalue weighted by Crippen LogP contribution is -2.43. The third-order valence-electron chi connectivity index (χ3n) is 4.23. The first-order valence-electron chi connectivity index (χ1n) is 8.03. The third kappa shape index (κ3) is 7.06. The monoisotopic (exact) mass is 484 g/mol. The van der Waals surface area contributed by atoms with Crippen molar-refractivity contribution in [2.75, 3.05) is 32.9 Å². The molecule has 0 spiro atoms. The number of nitrogens with one attached hydrogen (secondary N) is 2. The molecule has 0 unspecified atom stereocenters. The van der Waals surface area contributed by atoms with Crippen molar-refractivity contribution in [3.63, 3.8) is 0 Å². The summed E-state index contributed by atoms with van der Waals surface area (Å²) in [5.74, 6) is 0.771. The van der Waals surface area contributed by atoms with E-state index in [4.69, 9.17) is 0 Å². The number of benzene rings is 1. The first-order chi connectivity index (χ1) is 11.4. The Kier molecular flexibility index (Phi) is 9.08. The second kappa shape index (κ2) is 10.3. The van der Waals surface area contributed by atoms with Gasteiger partial charge in [0.2, 0.25) is 10.0 Å². The number of rotatable bonds is 5. The maximum Gasteiger partial charge on any atom is 0.211 e. The summed E-state index contributed by atoms with van der Waals surface area (Å²) in [6.45, 7) is 2.20. The predicted octanol–water partition coefficient (Wildman–Crippen LogP) is 1.78. The molecule has 1 aliphatic rings. The molecule has 0 bridgehead atoms. The lowest BCUT2D eigenvalue weighted by molar-refractivity contribution is 0.275. The van der Waals surface area contributed by atoms with Gasteiger partial charge in [-0.1, -0.05) is 18.2 Å². The molecule has 1 aromatic carbocycles. The molecule has 1 fully saturated rings. The number of aliphatic imine (C=N–C) groups is 1. The molecule has 142 valence electrons. The molecule has 1 heterocycles. The van der Waals surface area contributed by atoms with E-state index in [1.54, 1.807) is 25.2 Å². The molecule has 9 heteroatoms. The van der Waals surface area contributed by atoms with Crippen LogP contribution >= 0.6 is 24.0 Å². The number of halogens is 2. The molecule has 25 heavy (non-hydrogen) atoms. The second-order valence-electron chi connectivity index (χ2n) is 6.00. The standard InChI is InChI=1S/C16H25FN4O2S.HI/c1-18-16(20-12-14-5-3-4-6-15(14)17)19-11-13-7-9-21(10-8-13)24(2,22)23;/h3-6,13H,7-12H2,1-2H3,(H2,18,19,20);1H. The zero-order valence-corrected chi connectivity index (χ0v) is 17.7. The van der Waals surface area contributed by atoms with E-state index < -0.39 is 10.0 Å². The topological polar surface area (TPSA) is 73.8 Å². The van der Waals surface area contributed by atoms with Gasteiger partial charge in [0.1, 0.15) is 5.82 Å². The summed E-state index contributed by atoms with van der Waals surface area (Å²) < 4.78 is 38.1. The van der Waals surface area contributed by atoms with Crippen molar-refractivity contribution in [2.24, 2.45) is 10.9 Å². The van der Waals surface area contributed by atoms with Gasteiger partial charge in [0.05, 0.1) is 6.26 Å².